The maximum absolute atomic E-state index is 12.0. The highest BCUT2D eigenvalue weighted by molar-refractivity contribution is 5.95. The van der Waals surface area contributed by atoms with E-state index in [1.807, 2.05) is 0 Å². The van der Waals surface area contributed by atoms with Crippen molar-refractivity contribution in [1.29, 1.82) is 0 Å². The van der Waals surface area contributed by atoms with E-state index in [9.17, 15) is 14.7 Å². The number of aromatic hydroxyl groups is 2. The molecule has 6 heteroatoms. The van der Waals surface area contributed by atoms with E-state index in [2.05, 4.69) is 0 Å². The summed E-state index contributed by atoms with van der Waals surface area (Å²) in [6, 6.07) is 3.80. The Balaban J connectivity index is 2.12. The van der Waals surface area contributed by atoms with Gasteiger partial charge in [0.25, 0.3) is 5.91 Å². The molecule has 1 aliphatic rings. The Morgan fingerprint density at radius 2 is 1.94 bits per heavy atom. The molecule has 1 saturated heterocycles. The molecule has 0 bridgehead atoms. The van der Waals surface area contributed by atoms with Gasteiger partial charge >= 0.3 is 5.97 Å². The monoisotopic (exact) mass is 251 g/mol. The zero-order chi connectivity index (χ0) is 13.3. The van der Waals surface area contributed by atoms with Gasteiger partial charge in [-0.05, 0) is 24.6 Å². The number of aliphatic carboxylic acids is 1. The zero-order valence-electron chi connectivity index (χ0n) is 9.54. The molecule has 0 saturated carbocycles. The maximum Gasteiger partial charge on any atom is 0.308 e. The number of likely N-dealkylation sites (tertiary alicyclic amines) is 1. The molecule has 0 aliphatic carbocycles. The first-order valence-corrected chi connectivity index (χ1v) is 5.53. The quantitative estimate of drug-likeness (QED) is 0.670. The Hall–Kier alpha value is -2.24. The summed E-state index contributed by atoms with van der Waals surface area (Å²) in [5.74, 6) is -2.43. The second-order valence-corrected chi connectivity index (χ2v) is 4.28. The third-order valence-electron chi connectivity index (χ3n) is 3.05. The number of carbonyl (C=O) groups excluding carboxylic acids is 1. The van der Waals surface area contributed by atoms with E-state index in [4.69, 9.17) is 10.2 Å². The fourth-order valence-electron chi connectivity index (χ4n) is 1.99. The molecule has 1 aliphatic heterocycles. The van der Waals surface area contributed by atoms with Crippen molar-refractivity contribution in [3.8, 4) is 11.5 Å². The molecule has 6 nitrogen and oxygen atoms in total. The van der Waals surface area contributed by atoms with Gasteiger partial charge < -0.3 is 20.2 Å². The first-order chi connectivity index (χ1) is 8.49. The van der Waals surface area contributed by atoms with Gasteiger partial charge in [-0.15, -0.1) is 0 Å². The minimum absolute atomic E-state index is 0.176. The van der Waals surface area contributed by atoms with Gasteiger partial charge in [-0.3, -0.25) is 9.59 Å². The van der Waals surface area contributed by atoms with Crippen molar-refractivity contribution in [1.82, 2.24) is 4.90 Å². The first-order valence-electron chi connectivity index (χ1n) is 5.53. The third kappa shape index (κ3) is 2.22. The number of hydrogen-bond acceptors (Lipinski definition) is 4. The number of carboxylic acids is 1. The predicted octanol–water partition coefficient (Wildman–Crippen LogP) is 0.644. The number of carboxylic acid groups (broad SMARTS) is 1. The van der Waals surface area contributed by atoms with E-state index < -0.39 is 11.9 Å². The van der Waals surface area contributed by atoms with Crippen molar-refractivity contribution in [2.24, 2.45) is 5.92 Å². The summed E-state index contributed by atoms with van der Waals surface area (Å²) in [4.78, 5) is 24.2. The summed E-state index contributed by atoms with van der Waals surface area (Å²) in [7, 11) is 0. The minimum Gasteiger partial charge on any atom is -0.504 e. The first kappa shape index (κ1) is 12.2. The summed E-state index contributed by atoms with van der Waals surface area (Å²) in [5.41, 5.74) is 0.233. The van der Waals surface area contributed by atoms with Gasteiger partial charge in [0.15, 0.2) is 11.5 Å². The third-order valence-corrected chi connectivity index (χ3v) is 3.05. The number of phenolic OH excluding ortho intramolecular Hbond substituents is 2. The largest absolute Gasteiger partial charge is 0.504 e. The lowest BCUT2D eigenvalue weighted by atomic mass is 10.1. The summed E-state index contributed by atoms with van der Waals surface area (Å²) >= 11 is 0. The van der Waals surface area contributed by atoms with Crippen LogP contribution in [0.1, 0.15) is 16.8 Å². The van der Waals surface area contributed by atoms with E-state index in [1.54, 1.807) is 0 Å². The van der Waals surface area contributed by atoms with Gasteiger partial charge in [-0.1, -0.05) is 0 Å². The molecule has 0 aromatic heterocycles. The van der Waals surface area contributed by atoms with E-state index in [1.165, 1.54) is 23.1 Å². The molecule has 0 spiro atoms. The molecule has 18 heavy (non-hydrogen) atoms. The number of rotatable bonds is 2. The molecule has 1 unspecified atom stereocenters. The lowest BCUT2D eigenvalue weighted by Gasteiger charge is -2.16. The number of phenols is 2. The fourth-order valence-corrected chi connectivity index (χ4v) is 1.99. The number of benzene rings is 1. The van der Waals surface area contributed by atoms with Gasteiger partial charge in [-0.25, -0.2) is 0 Å². The van der Waals surface area contributed by atoms with Gasteiger partial charge in [-0.2, -0.15) is 0 Å². The van der Waals surface area contributed by atoms with E-state index in [-0.39, 0.29) is 29.5 Å². The molecule has 1 fully saturated rings. The maximum atomic E-state index is 12.0. The number of carbonyl (C=O) groups is 2. The molecule has 1 aromatic carbocycles. The van der Waals surface area contributed by atoms with E-state index >= 15 is 0 Å². The van der Waals surface area contributed by atoms with Crippen LogP contribution in [-0.2, 0) is 4.79 Å². The van der Waals surface area contributed by atoms with Gasteiger partial charge in [0.2, 0.25) is 0 Å². The Morgan fingerprint density at radius 1 is 1.22 bits per heavy atom. The van der Waals surface area contributed by atoms with Crippen LogP contribution in [0.3, 0.4) is 0 Å². The normalized spacial score (nSPS) is 18.9. The van der Waals surface area contributed by atoms with Gasteiger partial charge in [0, 0.05) is 18.7 Å². The Bertz CT molecular complexity index is 499. The summed E-state index contributed by atoms with van der Waals surface area (Å²) in [5, 5.41) is 27.3. The van der Waals surface area contributed by atoms with Gasteiger partial charge in [0.05, 0.1) is 5.92 Å². The molecular weight excluding hydrogens is 238 g/mol. The lowest BCUT2D eigenvalue weighted by Crippen LogP contribution is -2.29. The molecule has 1 atom stereocenters. The molecule has 1 amide bonds. The van der Waals surface area contributed by atoms with Crippen LogP contribution in [0.25, 0.3) is 0 Å². The summed E-state index contributed by atoms with van der Waals surface area (Å²) in [6.07, 6.45) is 0.436. The Morgan fingerprint density at radius 3 is 2.50 bits per heavy atom. The van der Waals surface area contributed by atoms with Crippen LogP contribution < -0.4 is 0 Å². The van der Waals surface area contributed by atoms with E-state index in [0.717, 1.165) is 0 Å². The van der Waals surface area contributed by atoms with Crippen molar-refractivity contribution in [2.45, 2.75) is 6.42 Å². The number of hydrogen-bond donors (Lipinski definition) is 3. The van der Waals surface area contributed by atoms with Crippen LogP contribution in [-0.4, -0.2) is 45.2 Å². The second-order valence-electron chi connectivity index (χ2n) is 4.28. The average Bonchev–Trinajstić information content (AvgIpc) is 2.81. The summed E-state index contributed by atoms with van der Waals surface area (Å²) in [6.45, 7) is 0.563. The average molecular weight is 251 g/mol. The highest BCUT2D eigenvalue weighted by atomic mass is 16.4. The fraction of sp³-hybridized carbons (Fsp3) is 0.333. The highest BCUT2D eigenvalue weighted by Crippen LogP contribution is 2.26. The molecule has 2 rings (SSSR count). The standard InChI is InChI=1S/C12H13NO5/c14-9-2-1-7(5-10(9)15)11(16)13-4-3-8(6-13)12(17)18/h1-2,5,8,14-15H,3-4,6H2,(H,17,18). The second kappa shape index (κ2) is 4.56. The molecular formula is C12H13NO5. The van der Waals surface area contributed by atoms with Crippen molar-refractivity contribution < 1.29 is 24.9 Å². The molecule has 96 valence electrons. The highest BCUT2D eigenvalue weighted by Gasteiger charge is 2.31. The molecule has 0 radical (unpaired) electrons. The van der Waals surface area contributed by atoms with Crippen LogP contribution in [0.4, 0.5) is 0 Å². The topological polar surface area (TPSA) is 98.1 Å². The lowest BCUT2D eigenvalue weighted by molar-refractivity contribution is -0.141. The van der Waals surface area contributed by atoms with Gasteiger partial charge in [0.1, 0.15) is 0 Å². The van der Waals surface area contributed by atoms with Crippen molar-refractivity contribution in [2.75, 3.05) is 13.1 Å². The number of amides is 1. The predicted molar refractivity (Wildman–Crippen MR) is 61.4 cm³/mol. The smallest absolute Gasteiger partial charge is 0.308 e. The van der Waals surface area contributed by atoms with E-state index in [0.29, 0.717) is 13.0 Å². The molecule has 1 aromatic rings. The molecule has 1 heterocycles. The van der Waals surface area contributed by atoms with Crippen molar-refractivity contribution in [3.05, 3.63) is 23.8 Å². The zero-order valence-corrected chi connectivity index (χ0v) is 9.54. The summed E-state index contributed by atoms with van der Waals surface area (Å²) < 4.78 is 0. The van der Waals surface area contributed by atoms with Crippen LogP contribution in [0.15, 0.2) is 18.2 Å². The van der Waals surface area contributed by atoms with Crippen LogP contribution in [0.2, 0.25) is 0 Å². The van der Waals surface area contributed by atoms with Crippen LogP contribution in [0.5, 0.6) is 11.5 Å². The van der Waals surface area contributed by atoms with Crippen molar-refractivity contribution >= 4 is 11.9 Å². The SMILES string of the molecule is O=C(O)C1CCN(C(=O)c2ccc(O)c(O)c2)C1. The van der Waals surface area contributed by atoms with Crippen molar-refractivity contribution in [3.63, 3.8) is 0 Å². The van der Waals surface area contributed by atoms with Crippen LogP contribution in [0, 0.1) is 5.92 Å². The Labute approximate surface area is 103 Å². The van der Waals surface area contributed by atoms with Crippen LogP contribution >= 0.6 is 0 Å². The number of nitrogens with zero attached hydrogens (tertiary/aromatic N) is 1. The Kier molecular flexibility index (Phi) is 3.10. The minimum atomic E-state index is -0.904. The molecule has 3 N–H and O–H groups in total.